The zero-order valence-electron chi connectivity index (χ0n) is 14.6. The monoisotopic (exact) mass is 343 g/mol. The Kier molecular flexibility index (Phi) is 5.06. The summed E-state index contributed by atoms with van der Waals surface area (Å²) in [6.45, 7) is 2.83. The lowest BCUT2D eigenvalue weighted by atomic mass is 9.68. The van der Waals surface area contributed by atoms with Gasteiger partial charge in [-0.3, -0.25) is 14.4 Å². The molecule has 134 valence electrons. The highest BCUT2D eigenvalue weighted by Gasteiger charge is 2.44. The van der Waals surface area contributed by atoms with Crippen LogP contribution in [0.15, 0.2) is 24.3 Å². The van der Waals surface area contributed by atoms with Crippen molar-refractivity contribution in [3.8, 4) is 0 Å². The molecule has 6 nitrogen and oxygen atoms in total. The van der Waals surface area contributed by atoms with Gasteiger partial charge in [-0.25, -0.2) is 0 Å². The van der Waals surface area contributed by atoms with Crippen LogP contribution in [0.4, 0.5) is 5.69 Å². The highest BCUT2D eigenvalue weighted by molar-refractivity contribution is 5.98. The molecule has 0 radical (unpaired) electrons. The molecule has 0 saturated heterocycles. The Balaban J connectivity index is 1.59. The van der Waals surface area contributed by atoms with Gasteiger partial charge < -0.3 is 16.0 Å². The summed E-state index contributed by atoms with van der Waals surface area (Å²) in [4.78, 5) is 36.5. The summed E-state index contributed by atoms with van der Waals surface area (Å²) in [7, 11) is 0. The molecule has 1 aromatic rings. The number of anilines is 1. The topological polar surface area (TPSA) is 87.3 Å². The molecule has 3 amide bonds. The van der Waals surface area contributed by atoms with E-state index in [0.29, 0.717) is 24.3 Å². The number of carbonyl (C=O) groups excluding carboxylic acids is 3. The molecule has 2 aliphatic rings. The van der Waals surface area contributed by atoms with Crippen LogP contribution in [0, 0.1) is 11.3 Å². The van der Waals surface area contributed by atoms with E-state index in [0.717, 1.165) is 32.1 Å². The summed E-state index contributed by atoms with van der Waals surface area (Å²) in [6, 6.07) is 6.91. The SMILES string of the molecule is CCNC(=O)C1(CNC(=O)c2cccc(NC(=O)C3CC3)c2)CCC1. The number of rotatable bonds is 7. The van der Waals surface area contributed by atoms with E-state index in [1.807, 2.05) is 6.92 Å². The Morgan fingerprint density at radius 3 is 2.52 bits per heavy atom. The lowest BCUT2D eigenvalue weighted by Gasteiger charge is -2.40. The molecule has 0 bridgehead atoms. The van der Waals surface area contributed by atoms with E-state index in [1.54, 1.807) is 24.3 Å². The molecular formula is C19H25N3O3. The fourth-order valence-electron chi connectivity index (χ4n) is 3.12. The van der Waals surface area contributed by atoms with Crippen LogP contribution in [0.3, 0.4) is 0 Å². The predicted molar refractivity (Wildman–Crippen MR) is 95.1 cm³/mol. The van der Waals surface area contributed by atoms with Crippen molar-refractivity contribution in [1.82, 2.24) is 10.6 Å². The Hall–Kier alpha value is -2.37. The number of benzene rings is 1. The zero-order chi connectivity index (χ0) is 17.9. The Morgan fingerprint density at radius 2 is 1.92 bits per heavy atom. The second-order valence-electron chi connectivity index (χ2n) is 7.02. The minimum absolute atomic E-state index is 0.0159. The van der Waals surface area contributed by atoms with Crippen molar-refractivity contribution >= 4 is 23.4 Å². The summed E-state index contributed by atoms with van der Waals surface area (Å²) in [5.41, 5.74) is 0.648. The first kappa shape index (κ1) is 17.5. The van der Waals surface area contributed by atoms with Gasteiger partial charge in [0.05, 0.1) is 5.41 Å². The summed E-state index contributed by atoms with van der Waals surface area (Å²) < 4.78 is 0. The van der Waals surface area contributed by atoms with Gasteiger partial charge in [0.2, 0.25) is 11.8 Å². The number of hydrogen-bond acceptors (Lipinski definition) is 3. The van der Waals surface area contributed by atoms with Gasteiger partial charge in [-0.1, -0.05) is 12.5 Å². The van der Waals surface area contributed by atoms with Crippen LogP contribution in [0.25, 0.3) is 0 Å². The van der Waals surface area contributed by atoms with Gasteiger partial charge in [-0.05, 0) is 50.8 Å². The minimum Gasteiger partial charge on any atom is -0.356 e. The fraction of sp³-hybridized carbons (Fsp3) is 0.526. The molecule has 3 N–H and O–H groups in total. The third-order valence-corrected chi connectivity index (χ3v) is 5.06. The zero-order valence-corrected chi connectivity index (χ0v) is 14.6. The number of amides is 3. The van der Waals surface area contributed by atoms with E-state index in [2.05, 4.69) is 16.0 Å². The molecule has 25 heavy (non-hydrogen) atoms. The van der Waals surface area contributed by atoms with Crippen molar-refractivity contribution < 1.29 is 14.4 Å². The molecule has 6 heteroatoms. The van der Waals surface area contributed by atoms with Crippen LogP contribution in [0.1, 0.15) is 49.4 Å². The highest BCUT2D eigenvalue weighted by Crippen LogP contribution is 2.40. The highest BCUT2D eigenvalue weighted by atomic mass is 16.2. The molecule has 0 spiro atoms. The van der Waals surface area contributed by atoms with Crippen molar-refractivity contribution in [2.45, 2.75) is 39.0 Å². The number of nitrogens with one attached hydrogen (secondary N) is 3. The van der Waals surface area contributed by atoms with Crippen LogP contribution < -0.4 is 16.0 Å². The van der Waals surface area contributed by atoms with E-state index in [1.165, 1.54) is 0 Å². The summed E-state index contributed by atoms with van der Waals surface area (Å²) in [5, 5.41) is 8.59. The fourth-order valence-corrected chi connectivity index (χ4v) is 3.12. The summed E-state index contributed by atoms with van der Waals surface area (Å²) in [6.07, 6.45) is 4.49. The van der Waals surface area contributed by atoms with Gasteiger partial charge in [0.15, 0.2) is 0 Å². The third-order valence-electron chi connectivity index (χ3n) is 5.06. The molecule has 0 unspecified atom stereocenters. The lowest BCUT2D eigenvalue weighted by molar-refractivity contribution is -0.135. The number of hydrogen-bond donors (Lipinski definition) is 3. The molecule has 0 aliphatic heterocycles. The standard InChI is InChI=1S/C19H25N3O3/c1-2-20-18(25)19(9-4-10-19)12-21-16(23)14-5-3-6-15(11-14)22-17(24)13-7-8-13/h3,5-6,11,13H,2,4,7-10,12H2,1H3,(H,20,25)(H,21,23)(H,22,24). The molecule has 0 atom stereocenters. The lowest BCUT2D eigenvalue weighted by Crippen LogP contribution is -2.52. The van der Waals surface area contributed by atoms with Crippen molar-refractivity contribution in [1.29, 1.82) is 0 Å². The van der Waals surface area contributed by atoms with Gasteiger partial charge >= 0.3 is 0 Å². The predicted octanol–water partition coefficient (Wildman–Crippen LogP) is 2.07. The largest absolute Gasteiger partial charge is 0.356 e. The van der Waals surface area contributed by atoms with Gasteiger partial charge in [0.25, 0.3) is 5.91 Å². The van der Waals surface area contributed by atoms with Crippen molar-refractivity contribution in [3.63, 3.8) is 0 Å². The Bertz CT molecular complexity index is 678. The summed E-state index contributed by atoms with van der Waals surface area (Å²) >= 11 is 0. The minimum atomic E-state index is -0.469. The van der Waals surface area contributed by atoms with E-state index in [9.17, 15) is 14.4 Å². The normalized spacial score (nSPS) is 18.0. The molecule has 0 aromatic heterocycles. The smallest absolute Gasteiger partial charge is 0.251 e. The van der Waals surface area contributed by atoms with Gasteiger partial charge in [-0.2, -0.15) is 0 Å². The van der Waals surface area contributed by atoms with Crippen molar-refractivity contribution in [3.05, 3.63) is 29.8 Å². The summed E-state index contributed by atoms with van der Waals surface area (Å²) in [5.74, 6) is -0.0691. The number of carbonyl (C=O) groups is 3. The maximum atomic E-state index is 12.4. The first-order valence-corrected chi connectivity index (χ1v) is 9.01. The van der Waals surface area contributed by atoms with Crippen LogP contribution in [0.2, 0.25) is 0 Å². The maximum Gasteiger partial charge on any atom is 0.251 e. The Labute approximate surface area is 147 Å². The van der Waals surface area contributed by atoms with E-state index >= 15 is 0 Å². The second-order valence-corrected chi connectivity index (χ2v) is 7.02. The second kappa shape index (κ2) is 7.25. The first-order chi connectivity index (χ1) is 12.0. The molecule has 1 aromatic carbocycles. The average Bonchev–Trinajstić information content (AvgIpc) is 3.39. The van der Waals surface area contributed by atoms with Crippen LogP contribution in [-0.2, 0) is 9.59 Å². The van der Waals surface area contributed by atoms with Gasteiger partial charge in [-0.15, -0.1) is 0 Å². The first-order valence-electron chi connectivity index (χ1n) is 9.01. The molecule has 2 saturated carbocycles. The van der Waals surface area contributed by atoms with Crippen molar-refractivity contribution in [2.24, 2.45) is 11.3 Å². The van der Waals surface area contributed by atoms with E-state index in [4.69, 9.17) is 0 Å². The van der Waals surface area contributed by atoms with Crippen LogP contribution in [-0.4, -0.2) is 30.8 Å². The van der Waals surface area contributed by atoms with Gasteiger partial charge in [0, 0.05) is 30.3 Å². The van der Waals surface area contributed by atoms with Crippen LogP contribution >= 0.6 is 0 Å². The molecule has 2 fully saturated rings. The molecule has 2 aliphatic carbocycles. The molecule has 3 rings (SSSR count). The third kappa shape index (κ3) is 4.00. The van der Waals surface area contributed by atoms with Crippen LogP contribution in [0.5, 0.6) is 0 Å². The average molecular weight is 343 g/mol. The maximum absolute atomic E-state index is 12.4. The molecule has 0 heterocycles. The van der Waals surface area contributed by atoms with E-state index < -0.39 is 5.41 Å². The van der Waals surface area contributed by atoms with Crippen molar-refractivity contribution in [2.75, 3.05) is 18.4 Å². The van der Waals surface area contributed by atoms with E-state index in [-0.39, 0.29) is 23.6 Å². The quantitative estimate of drug-likeness (QED) is 0.708. The Morgan fingerprint density at radius 1 is 1.16 bits per heavy atom. The molecular weight excluding hydrogens is 318 g/mol. The van der Waals surface area contributed by atoms with Gasteiger partial charge in [0.1, 0.15) is 0 Å².